The van der Waals surface area contributed by atoms with Gasteiger partial charge in [-0.15, -0.1) is 0 Å². The lowest BCUT2D eigenvalue weighted by Gasteiger charge is -2.17. The van der Waals surface area contributed by atoms with Crippen molar-refractivity contribution >= 4 is 23.2 Å². The third-order valence-corrected chi connectivity index (χ3v) is 4.00. The molecule has 4 nitrogen and oxygen atoms in total. The van der Waals surface area contributed by atoms with Gasteiger partial charge in [0.05, 0.1) is 5.92 Å². The number of amides is 2. The lowest BCUT2D eigenvalue weighted by Crippen LogP contribution is -2.28. The first-order chi connectivity index (χ1) is 11.0. The smallest absolute Gasteiger partial charge is 0.229 e. The van der Waals surface area contributed by atoms with Gasteiger partial charge in [-0.3, -0.25) is 9.59 Å². The first kappa shape index (κ1) is 15.2. The van der Waals surface area contributed by atoms with Crippen LogP contribution in [0.3, 0.4) is 0 Å². The van der Waals surface area contributed by atoms with E-state index in [1.807, 2.05) is 18.2 Å². The maximum atomic E-state index is 13.7. The van der Waals surface area contributed by atoms with E-state index in [-0.39, 0.29) is 30.6 Å². The lowest BCUT2D eigenvalue weighted by molar-refractivity contribution is -0.122. The summed E-state index contributed by atoms with van der Waals surface area (Å²) < 4.78 is 13.7. The molecule has 2 aromatic rings. The van der Waals surface area contributed by atoms with Gasteiger partial charge in [-0.2, -0.15) is 0 Å². The largest absolute Gasteiger partial charge is 0.326 e. The van der Waals surface area contributed by atoms with Crippen LogP contribution in [0.2, 0.25) is 0 Å². The number of nitrogens with one attached hydrogen (secondary N) is 1. The van der Waals surface area contributed by atoms with E-state index in [2.05, 4.69) is 5.32 Å². The Balaban J connectivity index is 1.71. The van der Waals surface area contributed by atoms with Gasteiger partial charge < -0.3 is 10.2 Å². The number of anilines is 2. The molecule has 1 aliphatic heterocycles. The summed E-state index contributed by atoms with van der Waals surface area (Å²) in [6.45, 7) is 1.93. The van der Waals surface area contributed by atoms with Crippen molar-refractivity contribution in [3.8, 4) is 0 Å². The van der Waals surface area contributed by atoms with Gasteiger partial charge >= 0.3 is 0 Å². The Labute approximate surface area is 133 Å². The van der Waals surface area contributed by atoms with E-state index in [1.165, 1.54) is 11.0 Å². The molecule has 0 unspecified atom stereocenters. The van der Waals surface area contributed by atoms with Crippen LogP contribution in [0.15, 0.2) is 48.5 Å². The number of halogens is 1. The van der Waals surface area contributed by atoms with Gasteiger partial charge in [0, 0.05) is 24.3 Å². The van der Waals surface area contributed by atoms with Crippen LogP contribution in [0.1, 0.15) is 12.0 Å². The van der Waals surface area contributed by atoms with E-state index < -0.39 is 5.92 Å². The molecule has 0 saturated carbocycles. The highest BCUT2D eigenvalue weighted by atomic mass is 19.1. The summed E-state index contributed by atoms with van der Waals surface area (Å²) in [4.78, 5) is 25.9. The molecule has 3 rings (SSSR count). The van der Waals surface area contributed by atoms with E-state index in [9.17, 15) is 14.0 Å². The summed E-state index contributed by atoms with van der Waals surface area (Å²) in [6.07, 6.45) is 0.133. The molecule has 1 fully saturated rings. The summed E-state index contributed by atoms with van der Waals surface area (Å²) in [5, 5.41) is 2.81. The van der Waals surface area contributed by atoms with E-state index in [1.54, 1.807) is 31.2 Å². The zero-order chi connectivity index (χ0) is 16.4. The summed E-state index contributed by atoms with van der Waals surface area (Å²) >= 11 is 0. The third kappa shape index (κ3) is 3.23. The van der Waals surface area contributed by atoms with Crippen molar-refractivity contribution in [1.29, 1.82) is 0 Å². The SMILES string of the molecule is Cc1ccc(N2C[C@H](C(=O)Nc3ccccc3)CC2=O)cc1F. The number of nitrogens with zero attached hydrogens (tertiary/aromatic N) is 1. The van der Waals surface area contributed by atoms with Crippen LogP contribution in [-0.2, 0) is 9.59 Å². The average molecular weight is 312 g/mol. The number of carbonyl (C=O) groups is 2. The molecule has 1 aliphatic rings. The second-order valence-electron chi connectivity index (χ2n) is 5.69. The summed E-state index contributed by atoms with van der Waals surface area (Å²) in [5.41, 5.74) is 1.72. The monoisotopic (exact) mass is 312 g/mol. The molecule has 1 N–H and O–H groups in total. The second-order valence-corrected chi connectivity index (χ2v) is 5.69. The molecule has 0 aromatic heterocycles. The fourth-order valence-electron chi connectivity index (χ4n) is 2.65. The fourth-order valence-corrected chi connectivity index (χ4v) is 2.65. The molecule has 23 heavy (non-hydrogen) atoms. The van der Waals surface area contributed by atoms with Gasteiger partial charge in [0.2, 0.25) is 11.8 Å². The van der Waals surface area contributed by atoms with Crippen molar-refractivity contribution in [2.45, 2.75) is 13.3 Å². The summed E-state index contributed by atoms with van der Waals surface area (Å²) in [7, 11) is 0. The van der Waals surface area contributed by atoms with Gasteiger partial charge in [0.15, 0.2) is 0 Å². The molecule has 5 heteroatoms. The molecular formula is C18H17FN2O2. The van der Waals surface area contributed by atoms with Crippen molar-refractivity contribution in [3.05, 3.63) is 59.9 Å². The minimum absolute atomic E-state index is 0.133. The summed E-state index contributed by atoms with van der Waals surface area (Å²) in [6, 6.07) is 13.8. The Bertz CT molecular complexity index is 746. The predicted molar refractivity (Wildman–Crippen MR) is 86.7 cm³/mol. The van der Waals surface area contributed by atoms with Gasteiger partial charge in [-0.25, -0.2) is 4.39 Å². The van der Waals surface area contributed by atoms with Crippen LogP contribution in [0, 0.1) is 18.7 Å². The minimum atomic E-state index is -0.438. The Kier molecular flexibility index (Phi) is 4.10. The van der Waals surface area contributed by atoms with Crippen molar-refractivity contribution in [2.75, 3.05) is 16.8 Å². The zero-order valence-corrected chi connectivity index (χ0v) is 12.8. The van der Waals surface area contributed by atoms with Crippen LogP contribution in [0.4, 0.5) is 15.8 Å². The number of hydrogen-bond acceptors (Lipinski definition) is 2. The Morgan fingerprint density at radius 2 is 1.96 bits per heavy atom. The van der Waals surface area contributed by atoms with Gasteiger partial charge in [-0.05, 0) is 36.8 Å². The average Bonchev–Trinajstić information content (AvgIpc) is 2.93. The minimum Gasteiger partial charge on any atom is -0.326 e. The van der Waals surface area contributed by atoms with Crippen LogP contribution in [-0.4, -0.2) is 18.4 Å². The van der Waals surface area contributed by atoms with E-state index >= 15 is 0 Å². The number of hydrogen-bond donors (Lipinski definition) is 1. The highest BCUT2D eigenvalue weighted by molar-refractivity contribution is 6.03. The molecular weight excluding hydrogens is 295 g/mol. The molecule has 1 heterocycles. The van der Waals surface area contributed by atoms with Crippen molar-refractivity contribution in [1.82, 2.24) is 0 Å². The van der Waals surface area contributed by atoms with Gasteiger partial charge in [0.1, 0.15) is 5.82 Å². The van der Waals surface area contributed by atoms with E-state index in [4.69, 9.17) is 0 Å². The first-order valence-corrected chi connectivity index (χ1v) is 7.47. The number of para-hydroxylation sites is 1. The van der Waals surface area contributed by atoms with Crippen molar-refractivity contribution in [2.24, 2.45) is 5.92 Å². The number of benzene rings is 2. The number of aryl methyl sites for hydroxylation is 1. The van der Waals surface area contributed by atoms with Gasteiger partial charge in [0.25, 0.3) is 0 Å². The van der Waals surface area contributed by atoms with E-state index in [0.29, 0.717) is 16.9 Å². The van der Waals surface area contributed by atoms with Crippen LogP contribution >= 0.6 is 0 Å². The molecule has 2 aromatic carbocycles. The maximum absolute atomic E-state index is 13.7. The van der Waals surface area contributed by atoms with Gasteiger partial charge in [-0.1, -0.05) is 24.3 Å². The number of carbonyl (C=O) groups excluding carboxylic acids is 2. The summed E-state index contributed by atoms with van der Waals surface area (Å²) in [5.74, 6) is -1.15. The van der Waals surface area contributed by atoms with Crippen molar-refractivity contribution < 1.29 is 14.0 Å². The Morgan fingerprint density at radius 1 is 1.22 bits per heavy atom. The predicted octanol–water partition coefficient (Wildman–Crippen LogP) is 3.13. The number of rotatable bonds is 3. The third-order valence-electron chi connectivity index (χ3n) is 4.00. The highest BCUT2D eigenvalue weighted by Gasteiger charge is 2.35. The maximum Gasteiger partial charge on any atom is 0.229 e. The molecule has 0 aliphatic carbocycles. The Hall–Kier alpha value is -2.69. The van der Waals surface area contributed by atoms with Crippen LogP contribution in [0.5, 0.6) is 0 Å². The van der Waals surface area contributed by atoms with Crippen molar-refractivity contribution in [3.63, 3.8) is 0 Å². The molecule has 0 bridgehead atoms. The van der Waals surface area contributed by atoms with Crippen LogP contribution < -0.4 is 10.2 Å². The molecule has 2 amide bonds. The molecule has 0 spiro atoms. The fraction of sp³-hybridized carbons (Fsp3) is 0.222. The van der Waals surface area contributed by atoms with Crippen LogP contribution in [0.25, 0.3) is 0 Å². The molecule has 1 saturated heterocycles. The zero-order valence-electron chi connectivity index (χ0n) is 12.8. The second kappa shape index (κ2) is 6.20. The molecule has 1 atom stereocenters. The van der Waals surface area contributed by atoms with E-state index in [0.717, 1.165) is 0 Å². The first-order valence-electron chi connectivity index (χ1n) is 7.47. The lowest BCUT2D eigenvalue weighted by atomic mass is 10.1. The normalized spacial score (nSPS) is 17.4. The Morgan fingerprint density at radius 3 is 2.65 bits per heavy atom. The molecule has 118 valence electrons. The quantitative estimate of drug-likeness (QED) is 0.946. The topological polar surface area (TPSA) is 49.4 Å². The standard InChI is InChI=1S/C18H17FN2O2/c1-12-7-8-15(10-16(12)19)21-11-13(9-17(21)22)18(23)20-14-5-3-2-4-6-14/h2-8,10,13H,9,11H2,1H3,(H,20,23)/t13-/m1/s1. The highest BCUT2D eigenvalue weighted by Crippen LogP contribution is 2.27. The molecule has 0 radical (unpaired) electrons.